The van der Waals surface area contributed by atoms with Crippen molar-refractivity contribution in [3.63, 3.8) is 0 Å². The van der Waals surface area contributed by atoms with Crippen LogP contribution in [0.15, 0.2) is 24.3 Å². The number of aliphatic hydroxyl groups is 1. The highest BCUT2D eigenvalue weighted by Gasteiger charge is 2.39. The highest BCUT2D eigenvalue weighted by molar-refractivity contribution is 5.99. The van der Waals surface area contributed by atoms with E-state index < -0.39 is 24.0 Å². The quantitative estimate of drug-likeness (QED) is 0.690. The zero-order chi connectivity index (χ0) is 13.3. The van der Waals surface area contributed by atoms with Crippen LogP contribution in [-0.4, -0.2) is 50.8 Å². The summed E-state index contributed by atoms with van der Waals surface area (Å²) in [6.45, 7) is -0.0376. The van der Waals surface area contributed by atoms with Gasteiger partial charge in [-0.25, -0.2) is 4.79 Å². The summed E-state index contributed by atoms with van der Waals surface area (Å²) in [5, 5.41) is 28.0. The molecule has 1 heterocycles. The minimum atomic E-state index is -1.16. The zero-order valence-electron chi connectivity index (χ0n) is 9.48. The Morgan fingerprint density at radius 2 is 1.94 bits per heavy atom. The van der Waals surface area contributed by atoms with Crippen molar-refractivity contribution in [2.45, 2.75) is 18.6 Å². The first-order valence-corrected chi connectivity index (χ1v) is 5.50. The van der Waals surface area contributed by atoms with E-state index in [1.54, 1.807) is 12.1 Å². The number of carboxylic acids is 1. The molecule has 0 radical (unpaired) electrons. The maximum absolute atomic E-state index is 12.1. The van der Waals surface area contributed by atoms with Crippen molar-refractivity contribution >= 4 is 11.9 Å². The average molecular weight is 251 g/mol. The third-order valence-corrected chi connectivity index (χ3v) is 2.96. The number of amides is 1. The predicted molar refractivity (Wildman–Crippen MR) is 61.2 cm³/mol. The SMILES string of the molecule is O=C(O)[C@@H]1CC(O)CN1C(=O)c1ccccc1O. The van der Waals surface area contributed by atoms with Crippen molar-refractivity contribution in [2.75, 3.05) is 6.54 Å². The molecule has 6 nitrogen and oxygen atoms in total. The van der Waals surface area contributed by atoms with E-state index >= 15 is 0 Å². The van der Waals surface area contributed by atoms with Crippen LogP contribution in [0, 0.1) is 0 Å². The van der Waals surface area contributed by atoms with Gasteiger partial charge < -0.3 is 20.2 Å². The second-order valence-corrected chi connectivity index (χ2v) is 4.22. The third-order valence-electron chi connectivity index (χ3n) is 2.96. The Bertz CT molecular complexity index is 487. The molecule has 0 bridgehead atoms. The topological polar surface area (TPSA) is 98.1 Å². The molecular formula is C12H13NO5. The van der Waals surface area contributed by atoms with Gasteiger partial charge in [-0.05, 0) is 12.1 Å². The van der Waals surface area contributed by atoms with Crippen LogP contribution in [0.4, 0.5) is 0 Å². The summed E-state index contributed by atoms with van der Waals surface area (Å²) in [6, 6.07) is 4.87. The van der Waals surface area contributed by atoms with Crippen LogP contribution >= 0.6 is 0 Å². The molecule has 96 valence electrons. The fraction of sp³-hybridized carbons (Fsp3) is 0.333. The Labute approximate surface area is 103 Å². The molecule has 3 N–H and O–H groups in total. The van der Waals surface area contributed by atoms with E-state index in [4.69, 9.17) is 5.11 Å². The number of likely N-dealkylation sites (tertiary alicyclic amines) is 1. The molecule has 1 aromatic carbocycles. The van der Waals surface area contributed by atoms with Gasteiger partial charge in [-0.1, -0.05) is 12.1 Å². The molecule has 1 amide bonds. The molecule has 1 aromatic rings. The van der Waals surface area contributed by atoms with Crippen molar-refractivity contribution in [1.82, 2.24) is 4.90 Å². The van der Waals surface area contributed by atoms with E-state index in [1.165, 1.54) is 12.1 Å². The molecule has 0 saturated carbocycles. The Morgan fingerprint density at radius 1 is 1.28 bits per heavy atom. The van der Waals surface area contributed by atoms with Crippen LogP contribution in [0.2, 0.25) is 0 Å². The van der Waals surface area contributed by atoms with Crippen molar-refractivity contribution in [2.24, 2.45) is 0 Å². The number of rotatable bonds is 2. The lowest BCUT2D eigenvalue weighted by Gasteiger charge is -2.21. The molecular weight excluding hydrogens is 238 g/mol. The fourth-order valence-electron chi connectivity index (χ4n) is 2.08. The number of para-hydroxylation sites is 1. The Kier molecular flexibility index (Phi) is 3.20. The second-order valence-electron chi connectivity index (χ2n) is 4.22. The molecule has 1 aliphatic rings. The van der Waals surface area contributed by atoms with Crippen LogP contribution in [0.25, 0.3) is 0 Å². The van der Waals surface area contributed by atoms with Crippen LogP contribution in [0.1, 0.15) is 16.8 Å². The smallest absolute Gasteiger partial charge is 0.326 e. The summed E-state index contributed by atoms with van der Waals surface area (Å²) in [6.07, 6.45) is -0.838. The molecule has 2 rings (SSSR count). The van der Waals surface area contributed by atoms with Crippen LogP contribution < -0.4 is 0 Å². The maximum Gasteiger partial charge on any atom is 0.326 e. The number of carbonyl (C=O) groups excluding carboxylic acids is 1. The number of phenols is 1. The normalized spacial score (nSPS) is 23.1. The summed E-state index contributed by atoms with van der Waals surface area (Å²) in [5.74, 6) is -1.94. The first kappa shape index (κ1) is 12.4. The van der Waals surface area contributed by atoms with Crippen molar-refractivity contribution in [3.8, 4) is 5.75 Å². The first-order valence-electron chi connectivity index (χ1n) is 5.50. The van der Waals surface area contributed by atoms with Crippen LogP contribution in [0.5, 0.6) is 5.75 Å². The van der Waals surface area contributed by atoms with E-state index in [0.717, 1.165) is 4.90 Å². The molecule has 0 aliphatic carbocycles. The Hall–Kier alpha value is -2.08. The zero-order valence-corrected chi connectivity index (χ0v) is 9.48. The van der Waals surface area contributed by atoms with E-state index in [2.05, 4.69) is 0 Å². The number of phenolic OH excluding ortho intramolecular Hbond substituents is 1. The predicted octanol–water partition coefficient (Wildman–Crippen LogP) is 0.0522. The minimum Gasteiger partial charge on any atom is -0.507 e. The van der Waals surface area contributed by atoms with Crippen LogP contribution in [-0.2, 0) is 4.79 Å². The lowest BCUT2D eigenvalue weighted by molar-refractivity contribution is -0.141. The number of carbonyl (C=O) groups is 2. The lowest BCUT2D eigenvalue weighted by Crippen LogP contribution is -2.40. The largest absolute Gasteiger partial charge is 0.507 e. The first-order chi connectivity index (χ1) is 8.50. The van der Waals surface area contributed by atoms with E-state index in [9.17, 15) is 19.8 Å². The highest BCUT2D eigenvalue weighted by Crippen LogP contribution is 2.24. The number of hydrogen-bond donors (Lipinski definition) is 3. The molecule has 18 heavy (non-hydrogen) atoms. The number of hydrogen-bond acceptors (Lipinski definition) is 4. The van der Waals surface area contributed by atoms with E-state index in [1.807, 2.05) is 0 Å². The van der Waals surface area contributed by atoms with Gasteiger partial charge in [0.1, 0.15) is 11.8 Å². The second kappa shape index (κ2) is 4.66. The standard InChI is InChI=1S/C12H13NO5/c14-7-5-9(12(17)18)13(6-7)11(16)8-3-1-2-4-10(8)15/h1-4,7,9,14-15H,5-6H2,(H,17,18)/t7?,9-/m0/s1. The molecule has 2 atom stereocenters. The van der Waals surface area contributed by atoms with Crippen molar-refractivity contribution in [3.05, 3.63) is 29.8 Å². The van der Waals surface area contributed by atoms with Gasteiger partial charge in [0.25, 0.3) is 5.91 Å². The van der Waals surface area contributed by atoms with Crippen LogP contribution in [0.3, 0.4) is 0 Å². The van der Waals surface area contributed by atoms with Crippen molar-refractivity contribution in [1.29, 1.82) is 0 Å². The van der Waals surface area contributed by atoms with Gasteiger partial charge in [0, 0.05) is 13.0 Å². The molecule has 1 fully saturated rings. The highest BCUT2D eigenvalue weighted by atomic mass is 16.4. The number of β-amino-alcohol motifs (C(OH)–C–C–N with tert-alkyl or cyclic N) is 1. The summed E-state index contributed by atoms with van der Waals surface area (Å²) in [5.41, 5.74) is 0.0397. The number of carboxylic acid groups (broad SMARTS) is 1. The van der Waals surface area contributed by atoms with E-state index in [-0.39, 0.29) is 24.3 Å². The molecule has 1 saturated heterocycles. The summed E-state index contributed by atoms with van der Waals surface area (Å²) in [7, 11) is 0. The number of aromatic hydroxyl groups is 1. The monoisotopic (exact) mass is 251 g/mol. The Morgan fingerprint density at radius 3 is 2.56 bits per heavy atom. The van der Waals surface area contributed by atoms with Gasteiger partial charge >= 0.3 is 5.97 Å². The van der Waals surface area contributed by atoms with Crippen molar-refractivity contribution < 1.29 is 24.9 Å². The Balaban J connectivity index is 2.28. The van der Waals surface area contributed by atoms with E-state index in [0.29, 0.717) is 0 Å². The summed E-state index contributed by atoms with van der Waals surface area (Å²) >= 11 is 0. The average Bonchev–Trinajstić information content (AvgIpc) is 2.71. The third kappa shape index (κ3) is 2.14. The van der Waals surface area contributed by atoms with Gasteiger partial charge in [-0.3, -0.25) is 4.79 Å². The maximum atomic E-state index is 12.1. The van der Waals surface area contributed by atoms with Gasteiger partial charge in [-0.15, -0.1) is 0 Å². The number of nitrogens with zero attached hydrogens (tertiary/aromatic N) is 1. The van der Waals surface area contributed by atoms with Gasteiger partial charge in [0.2, 0.25) is 0 Å². The van der Waals surface area contributed by atoms with Gasteiger partial charge in [0.05, 0.1) is 11.7 Å². The van der Waals surface area contributed by atoms with Gasteiger partial charge in [0.15, 0.2) is 0 Å². The number of aliphatic hydroxyl groups excluding tert-OH is 1. The molecule has 6 heteroatoms. The summed E-state index contributed by atoms with van der Waals surface area (Å²) in [4.78, 5) is 24.2. The number of aliphatic carboxylic acids is 1. The molecule has 0 spiro atoms. The lowest BCUT2D eigenvalue weighted by atomic mass is 10.1. The number of benzene rings is 1. The molecule has 1 unspecified atom stereocenters. The molecule has 1 aliphatic heterocycles. The van der Waals surface area contributed by atoms with Gasteiger partial charge in [-0.2, -0.15) is 0 Å². The summed E-state index contributed by atoms with van der Waals surface area (Å²) < 4.78 is 0. The fourth-order valence-corrected chi connectivity index (χ4v) is 2.08. The molecule has 0 aromatic heterocycles. The minimum absolute atomic E-state index is 0.00860.